The molecule has 2 aromatic carbocycles. The van der Waals surface area contributed by atoms with Gasteiger partial charge in [-0.15, -0.1) is 5.10 Å². The number of amides is 1. The van der Waals surface area contributed by atoms with E-state index < -0.39 is 17.6 Å². The zero-order chi connectivity index (χ0) is 21.1. The van der Waals surface area contributed by atoms with E-state index in [4.69, 9.17) is 4.74 Å². The number of anilines is 1. The lowest BCUT2D eigenvalue weighted by Gasteiger charge is -2.24. The summed E-state index contributed by atoms with van der Waals surface area (Å²) in [6.07, 6.45) is -3.19. The molecule has 1 aliphatic rings. The Balaban J connectivity index is 1.41. The highest BCUT2D eigenvalue weighted by molar-refractivity contribution is 6.02. The Hall–Kier alpha value is -3.24. The van der Waals surface area contributed by atoms with Crippen molar-refractivity contribution in [2.45, 2.75) is 12.3 Å². The van der Waals surface area contributed by atoms with Gasteiger partial charge in [0.15, 0.2) is 5.69 Å². The van der Waals surface area contributed by atoms with Crippen LogP contribution in [0, 0.1) is 0 Å². The molecule has 1 aromatic heterocycles. The number of nitrogens with zero attached hydrogens (tertiary/aromatic N) is 3. The largest absolute Gasteiger partial charge is 0.416 e. The summed E-state index contributed by atoms with van der Waals surface area (Å²) in [5.41, 5.74) is 1.17. The topological polar surface area (TPSA) is 81.1 Å². The normalized spacial score (nSPS) is 17.0. The van der Waals surface area contributed by atoms with Crippen LogP contribution in [0.25, 0.3) is 5.69 Å². The van der Waals surface area contributed by atoms with Crippen molar-refractivity contribution in [3.05, 3.63) is 71.5 Å². The predicted octanol–water partition coefficient (Wildman–Crippen LogP) is 3.20. The van der Waals surface area contributed by atoms with Gasteiger partial charge in [-0.2, -0.15) is 23.1 Å². The fourth-order valence-corrected chi connectivity index (χ4v) is 3.03. The number of carbonyl (C=O) groups is 1. The molecular formula is C20H18F3N5O2. The van der Waals surface area contributed by atoms with Crippen LogP contribution < -0.4 is 10.6 Å². The molecule has 1 saturated heterocycles. The van der Waals surface area contributed by atoms with Gasteiger partial charge in [0.1, 0.15) is 0 Å². The Morgan fingerprint density at radius 2 is 1.87 bits per heavy atom. The van der Waals surface area contributed by atoms with Gasteiger partial charge in [-0.1, -0.05) is 12.1 Å². The Morgan fingerprint density at radius 3 is 2.50 bits per heavy atom. The number of benzene rings is 2. The van der Waals surface area contributed by atoms with E-state index in [-0.39, 0.29) is 11.8 Å². The third-order valence-corrected chi connectivity index (χ3v) is 4.62. The summed E-state index contributed by atoms with van der Waals surface area (Å²) in [5.74, 6) is -0.475. The summed E-state index contributed by atoms with van der Waals surface area (Å²) in [4.78, 5) is 13.5. The van der Waals surface area contributed by atoms with Crippen LogP contribution in [0.4, 0.5) is 18.9 Å². The number of rotatable bonds is 4. The first-order chi connectivity index (χ1) is 14.4. The third-order valence-electron chi connectivity index (χ3n) is 4.62. The molecule has 30 heavy (non-hydrogen) atoms. The Kier molecular flexibility index (Phi) is 5.51. The Morgan fingerprint density at radius 1 is 1.13 bits per heavy atom. The molecule has 3 aromatic rings. The highest BCUT2D eigenvalue weighted by Crippen LogP contribution is 2.29. The minimum absolute atomic E-state index is 0.0212. The van der Waals surface area contributed by atoms with Crippen molar-refractivity contribution >= 4 is 11.6 Å². The van der Waals surface area contributed by atoms with Gasteiger partial charge < -0.3 is 15.4 Å². The highest BCUT2D eigenvalue weighted by atomic mass is 19.4. The van der Waals surface area contributed by atoms with Crippen molar-refractivity contribution in [1.29, 1.82) is 0 Å². The van der Waals surface area contributed by atoms with Crippen molar-refractivity contribution in [2.75, 3.05) is 25.0 Å². The molecule has 0 saturated carbocycles. The maximum absolute atomic E-state index is 12.7. The molecular weight excluding hydrogens is 399 g/mol. The van der Waals surface area contributed by atoms with Crippen molar-refractivity contribution in [3.8, 4) is 5.69 Å². The number of aromatic nitrogens is 3. The summed E-state index contributed by atoms with van der Waals surface area (Å²) in [7, 11) is 0. The summed E-state index contributed by atoms with van der Waals surface area (Å²) in [6, 6.07) is 11.7. The third kappa shape index (κ3) is 4.50. The molecule has 2 heterocycles. The fraction of sp³-hybridized carbons (Fsp3) is 0.250. The van der Waals surface area contributed by atoms with E-state index in [9.17, 15) is 18.0 Å². The highest BCUT2D eigenvalue weighted by Gasteiger charge is 2.30. The van der Waals surface area contributed by atoms with Gasteiger partial charge >= 0.3 is 6.18 Å². The quantitative estimate of drug-likeness (QED) is 0.682. The van der Waals surface area contributed by atoms with Gasteiger partial charge in [0.25, 0.3) is 5.91 Å². The van der Waals surface area contributed by atoms with Gasteiger partial charge in [0.05, 0.1) is 30.2 Å². The number of morpholine rings is 1. The number of hydrogen-bond acceptors (Lipinski definition) is 5. The van der Waals surface area contributed by atoms with Crippen LogP contribution >= 0.6 is 0 Å². The molecule has 0 unspecified atom stereocenters. The average Bonchev–Trinajstić information content (AvgIpc) is 3.25. The first-order valence-electron chi connectivity index (χ1n) is 9.24. The number of nitrogens with one attached hydrogen (secondary N) is 2. The van der Waals surface area contributed by atoms with E-state index in [0.717, 1.165) is 35.6 Å². The van der Waals surface area contributed by atoms with Crippen LogP contribution in [0.2, 0.25) is 0 Å². The minimum atomic E-state index is -4.42. The van der Waals surface area contributed by atoms with Gasteiger partial charge in [0.2, 0.25) is 0 Å². The number of ether oxygens (including phenoxy) is 1. The van der Waals surface area contributed by atoms with Crippen molar-refractivity contribution in [3.63, 3.8) is 0 Å². The maximum atomic E-state index is 12.7. The molecule has 2 N–H and O–H groups in total. The van der Waals surface area contributed by atoms with Gasteiger partial charge in [-0.05, 0) is 42.0 Å². The molecule has 156 valence electrons. The molecule has 0 spiro atoms. The van der Waals surface area contributed by atoms with E-state index in [2.05, 4.69) is 20.8 Å². The van der Waals surface area contributed by atoms with E-state index in [1.807, 2.05) is 12.1 Å². The molecule has 0 bridgehead atoms. The Bertz CT molecular complexity index is 1010. The zero-order valence-corrected chi connectivity index (χ0v) is 15.7. The minimum Gasteiger partial charge on any atom is -0.371 e. The van der Waals surface area contributed by atoms with E-state index in [1.54, 1.807) is 12.1 Å². The van der Waals surface area contributed by atoms with Crippen LogP contribution in [-0.2, 0) is 10.9 Å². The second kappa shape index (κ2) is 8.25. The summed E-state index contributed by atoms with van der Waals surface area (Å²) in [6.45, 7) is 2.22. The monoisotopic (exact) mass is 417 g/mol. The van der Waals surface area contributed by atoms with Crippen LogP contribution in [0.5, 0.6) is 0 Å². The first-order valence-corrected chi connectivity index (χ1v) is 9.24. The number of halogens is 3. The second-order valence-corrected chi connectivity index (χ2v) is 6.70. The molecule has 4 rings (SSSR count). The van der Waals surface area contributed by atoms with Crippen molar-refractivity contribution in [1.82, 2.24) is 20.3 Å². The zero-order valence-electron chi connectivity index (χ0n) is 15.7. The van der Waals surface area contributed by atoms with E-state index in [1.165, 1.54) is 18.3 Å². The first kappa shape index (κ1) is 20.0. The van der Waals surface area contributed by atoms with Gasteiger partial charge in [-0.3, -0.25) is 4.79 Å². The number of alkyl halides is 3. The molecule has 1 atom stereocenters. The van der Waals surface area contributed by atoms with Crippen molar-refractivity contribution in [2.24, 2.45) is 0 Å². The van der Waals surface area contributed by atoms with Crippen LogP contribution in [0.3, 0.4) is 0 Å². The lowest BCUT2D eigenvalue weighted by Crippen LogP contribution is -2.33. The average molecular weight is 417 g/mol. The molecule has 0 aliphatic carbocycles. The van der Waals surface area contributed by atoms with Crippen LogP contribution in [0.15, 0.2) is 54.7 Å². The smallest absolute Gasteiger partial charge is 0.371 e. The van der Waals surface area contributed by atoms with Gasteiger partial charge in [-0.25, -0.2) is 0 Å². The molecule has 1 aliphatic heterocycles. The predicted molar refractivity (Wildman–Crippen MR) is 102 cm³/mol. The standard InChI is InChI=1S/C20H18F3N5O2/c21-20(22,23)14-3-7-16(8-4-14)28-25-11-17(27-28)19(29)26-15-5-1-13(2-6-15)18-12-24-9-10-30-18/h1-8,11,18,24H,9-10,12H2,(H,26,29)/t18-/m1/s1. The summed E-state index contributed by atoms with van der Waals surface area (Å²) < 4.78 is 43.7. The fourth-order valence-electron chi connectivity index (χ4n) is 3.03. The second-order valence-electron chi connectivity index (χ2n) is 6.70. The summed E-state index contributed by atoms with van der Waals surface area (Å²) in [5, 5.41) is 14.0. The number of carbonyl (C=O) groups excluding carboxylic acids is 1. The van der Waals surface area contributed by atoms with Gasteiger partial charge in [0, 0.05) is 18.8 Å². The van der Waals surface area contributed by atoms with Crippen molar-refractivity contribution < 1.29 is 22.7 Å². The maximum Gasteiger partial charge on any atom is 0.416 e. The molecule has 1 fully saturated rings. The van der Waals surface area contributed by atoms with E-state index in [0.29, 0.717) is 18.0 Å². The molecule has 0 radical (unpaired) electrons. The number of hydrogen-bond donors (Lipinski definition) is 2. The molecule has 1 amide bonds. The van der Waals surface area contributed by atoms with Crippen LogP contribution in [0.1, 0.15) is 27.7 Å². The van der Waals surface area contributed by atoms with E-state index >= 15 is 0 Å². The molecule has 10 heteroatoms. The molecule has 7 nitrogen and oxygen atoms in total. The van der Waals surface area contributed by atoms with Crippen LogP contribution in [-0.4, -0.2) is 40.6 Å². The SMILES string of the molecule is O=C(Nc1ccc([C@H]2CNCCO2)cc1)c1cnn(-c2ccc(C(F)(F)F)cc2)n1. The lowest BCUT2D eigenvalue weighted by atomic mass is 10.1. The lowest BCUT2D eigenvalue weighted by molar-refractivity contribution is -0.137. The summed E-state index contributed by atoms with van der Waals surface area (Å²) >= 11 is 0. The Labute approximate surface area is 169 Å².